The molecule has 0 unspecified atom stereocenters. The first-order chi connectivity index (χ1) is 15.8. The maximum atomic E-state index is 5.26. The van der Waals surface area contributed by atoms with Crippen molar-refractivity contribution in [2.75, 3.05) is 23.3 Å². The van der Waals surface area contributed by atoms with Gasteiger partial charge in [0.05, 0.1) is 17.1 Å². The summed E-state index contributed by atoms with van der Waals surface area (Å²) in [7, 11) is 0. The number of rotatable bonds is 4. The van der Waals surface area contributed by atoms with Crippen LogP contribution in [0.4, 0.5) is 11.6 Å². The van der Waals surface area contributed by atoms with Crippen LogP contribution in [0.5, 0.6) is 0 Å². The number of tetrazole rings is 1. The lowest BCUT2D eigenvalue weighted by Gasteiger charge is -2.33. The zero-order chi connectivity index (χ0) is 21.5. The Hall–Kier alpha value is -3.42. The van der Waals surface area contributed by atoms with Gasteiger partial charge in [-0.05, 0) is 55.5 Å². The van der Waals surface area contributed by atoms with Crippen molar-refractivity contribution in [1.29, 1.82) is 0 Å². The van der Waals surface area contributed by atoms with Gasteiger partial charge in [-0.2, -0.15) is 5.21 Å². The van der Waals surface area contributed by atoms with Crippen LogP contribution in [0.25, 0.3) is 11.0 Å². The van der Waals surface area contributed by atoms with Gasteiger partial charge < -0.3 is 14.8 Å². The topological polar surface area (TPSA) is 87.6 Å². The van der Waals surface area contributed by atoms with E-state index in [1.165, 1.54) is 22.3 Å². The van der Waals surface area contributed by atoms with Crippen molar-refractivity contribution in [3.8, 4) is 0 Å². The number of nitrogens with zero attached hydrogens (tertiary/aromatic N) is 6. The minimum Gasteiger partial charge on any atom is -0.382 e. The van der Waals surface area contributed by atoms with Crippen LogP contribution in [-0.2, 0) is 12.8 Å². The lowest BCUT2D eigenvalue weighted by molar-refractivity contribution is 0.401. The molecule has 1 fully saturated rings. The van der Waals surface area contributed by atoms with Gasteiger partial charge in [0.15, 0.2) is 0 Å². The molecule has 0 saturated carbocycles. The molecule has 4 aromatic rings. The average molecular weight is 429 g/mol. The minimum absolute atomic E-state index is 0.319. The standard InChI is InChI=1S/C24H28N8/c1-16-9-10-19-20(25-16)11-12-21-23(19)26-22(14-17-6-3-2-4-7-17)32(21)18-8-5-13-31(15-18)24-27-29-30-28-24/h2-4,6-7,11-12,16,18,25H,5,8-10,13-15H2,1H3,(H,27,28,29,30)/t16-,18+/m0/s1. The van der Waals surface area contributed by atoms with Gasteiger partial charge in [-0.25, -0.2) is 4.98 Å². The van der Waals surface area contributed by atoms with Crippen LogP contribution >= 0.6 is 0 Å². The Labute approximate surface area is 187 Å². The Morgan fingerprint density at radius 2 is 2.00 bits per heavy atom. The molecule has 0 amide bonds. The van der Waals surface area contributed by atoms with E-state index < -0.39 is 0 Å². The van der Waals surface area contributed by atoms with Crippen LogP contribution in [0, 0.1) is 0 Å². The van der Waals surface area contributed by atoms with Crippen LogP contribution in [0.3, 0.4) is 0 Å². The van der Waals surface area contributed by atoms with Crippen molar-refractivity contribution in [2.24, 2.45) is 0 Å². The monoisotopic (exact) mass is 428 g/mol. The molecule has 0 aliphatic carbocycles. The normalized spacial score (nSPS) is 20.8. The molecule has 2 N–H and O–H groups in total. The third kappa shape index (κ3) is 3.39. The molecule has 0 radical (unpaired) electrons. The third-order valence-corrected chi connectivity index (χ3v) is 6.85. The van der Waals surface area contributed by atoms with Crippen LogP contribution in [0.1, 0.15) is 49.2 Å². The molecule has 8 nitrogen and oxygen atoms in total. The van der Waals surface area contributed by atoms with Crippen molar-refractivity contribution in [1.82, 2.24) is 30.2 Å². The number of H-pyrrole nitrogens is 1. The highest BCUT2D eigenvalue weighted by molar-refractivity contribution is 5.86. The zero-order valence-electron chi connectivity index (χ0n) is 18.3. The summed E-state index contributed by atoms with van der Waals surface area (Å²) in [6.07, 6.45) is 5.25. The van der Waals surface area contributed by atoms with Gasteiger partial charge in [0.2, 0.25) is 0 Å². The number of hydrogen-bond acceptors (Lipinski definition) is 6. The molecular weight excluding hydrogens is 400 g/mol. The van der Waals surface area contributed by atoms with E-state index in [9.17, 15) is 0 Å². The second-order valence-corrected chi connectivity index (χ2v) is 9.06. The summed E-state index contributed by atoms with van der Waals surface area (Å²) in [6, 6.07) is 16.0. The Kier molecular flexibility index (Phi) is 4.78. The van der Waals surface area contributed by atoms with Crippen molar-refractivity contribution < 1.29 is 0 Å². The number of hydrogen-bond donors (Lipinski definition) is 2. The fourth-order valence-electron chi connectivity index (χ4n) is 5.30. The Morgan fingerprint density at radius 3 is 2.84 bits per heavy atom. The summed E-state index contributed by atoms with van der Waals surface area (Å²) in [5.74, 6) is 1.82. The van der Waals surface area contributed by atoms with E-state index in [0.29, 0.717) is 18.0 Å². The van der Waals surface area contributed by atoms with Gasteiger partial charge in [0.1, 0.15) is 5.82 Å². The molecule has 2 aromatic heterocycles. The molecule has 8 heteroatoms. The second-order valence-electron chi connectivity index (χ2n) is 9.06. The van der Waals surface area contributed by atoms with Gasteiger partial charge in [0.25, 0.3) is 5.95 Å². The van der Waals surface area contributed by atoms with E-state index in [1.807, 2.05) is 0 Å². The fourth-order valence-corrected chi connectivity index (χ4v) is 5.30. The number of fused-ring (bicyclic) bond motifs is 3. The molecule has 4 heterocycles. The van der Waals surface area contributed by atoms with Crippen molar-refractivity contribution in [2.45, 2.75) is 51.1 Å². The molecule has 2 aliphatic rings. The molecule has 32 heavy (non-hydrogen) atoms. The Balaban J connectivity index is 1.45. The molecule has 6 rings (SSSR count). The van der Waals surface area contributed by atoms with Crippen LogP contribution in [0.15, 0.2) is 42.5 Å². The molecule has 0 bridgehead atoms. The van der Waals surface area contributed by atoms with Crippen LogP contribution in [-0.4, -0.2) is 49.3 Å². The highest BCUT2D eigenvalue weighted by Crippen LogP contribution is 2.36. The number of aromatic nitrogens is 6. The molecule has 0 spiro atoms. The predicted octanol–water partition coefficient (Wildman–Crippen LogP) is 3.73. The van der Waals surface area contributed by atoms with E-state index in [-0.39, 0.29) is 0 Å². The summed E-state index contributed by atoms with van der Waals surface area (Å²) in [5.41, 5.74) is 6.29. The molecule has 2 aliphatic heterocycles. The van der Waals surface area contributed by atoms with E-state index in [1.54, 1.807) is 0 Å². The number of piperidine rings is 1. The van der Waals surface area contributed by atoms with Crippen molar-refractivity contribution >= 4 is 22.7 Å². The summed E-state index contributed by atoms with van der Waals surface area (Å²) < 4.78 is 2.49. The maximum absolute atomic E-state index is 5.26. The first-order valence-corrected chi connectivity index (χ1v) is 11.6. The van der Waals surface area contributed by atoms with E-state index in [2.05, 4.69) is 84.8 Å². The number of aryl methyl sites for hydroxylation is 1. The van der Waals surface area contributed by atoms with Gasteiger partial charge in [-0.1, -0.05) is 35.4 Å². The summed E-state index contributed by atoms with van der Waals surface area (Å²) in [4.78, 5) is 7.50. The largest absolute Gasteiger partial charge is 0.382 e. The van der Waals surface area contributed by atoms with Crippen LogP contribution < -0.4 is 10.2 Å². The van der Waals surface area contributed by atoms with Crippen LogP contribution in [0.2, 0.25) is 0 Å². The number of nitrogens with one attached hydrogen (secondary N) is 2. The predicted molar refractivity (Wildman–Crippen MR) is 125 cm³/mol. The number of benzene rings is 2. The average Bonchev–Trinajstić information content (AvgIpc) is 3.48. The number of anilines is 2. The fraction of sp³-hybridized carbons (Fsp3) is 0.417. The lowest BCUT2D eigenvalue weighted by Crippen LogP contribution is -2.37. The summed E-state index contributed by atoms with van der Waals surface area (Å²) in [5, 5.41) is 18.4. The van der Waals surface area contributed by atoms with E-state index in [4.69, 9.17) is 4.98 Å². The molecule has 164 valence electrons. The van der Waals surface area contributed by atoms with Gasteiger partial charge in [-0.15, -0.1) is 5.10 Å². The number of aromatic amines is 1. The smallest absolute Gasteiger partial charge is 0.265 e. The quantitative estimate of drug-likeness (QED) is 0.515. The van der Waals surface area contributed by atoms with Crippen molar-refractivity contribution in [3.63, 3.8) is 0 Å². The Bertz CT molecular complexity index is 1210. The Morgan fingerprint density at radius 1 is 1.09 bits per heavy atom. The molecular formula is C24H28N8. The van der Waals surface area contributed by atoms with Crippen molar-refractivity contribution in [3.05, 3.63) is 59.4 Å². The molecule has 2 aromatic carbocycles. The van der Waals surface area contributed by atoms with Gasteiger partial charge in [-0.3, -0.25) is 0 Å². The SMILES string of the molecule is C[C@H]1CCc2c(ccc3c2nc(Cc2ccccc2)n3[C@@H]2CCCN(c3nn[nH]n3)C2)N1. The highest BCUT2D eigenvalue weighted by atomic mass is 15.5. The zero-order valence-corrected chi connectivity index (χ0v) is 18.3. The van der Waals surface area contributed by atoms with E-state index >= 15 is 0 Å². The minimum atomic E-state index is 0.319. The van der Waals surface area contributed by atoms with Gasteiger partial charge >= 0.3 is 0 Å². The number of imidazole rings is 1. The first kappa shape index (κ1) is 19.3. The third-order valence-electron chi connectivity index (χ3n) is 6.85. The van der Waals surface area contributed by atoms with E-state index in [0.717, 1.165) is 56.5 Å². The van der Waals surface area contributed by atoms with Gasteiger partial charge in [0, 0.05) is 36.8 Å². The summed E-state index contributed by atoms with van der Waals surface area (Å²) >= 11 is 0. The molecule has 2 atom stereocenters. The molecule has 1 saturated heterocycles. The first-order valence-electron chi connectivity index (χ1n) is 11.6. The lowest BCUT2D eigenvalue weighted by atomic mass is 9.97. The summed E-state index contributed by atoms with van der Waals surface area (Å²) in [6.45, 7) is 4.06. The maximum Gasteiger partial charge on any atom is 0.265 e. The highest BCUT2D eigenvalue weighted by Gasteiger charge is 2.29. The second kappa shape index (κ2) is 7.93.